The predicted molar refractivity (Wildman–Crippen MR) is 78.1 cm³/mol. The number of aryl methyl sites for hydroxylation is 1. The second-order valence-electron chi connectivity index (χ2n) is 5.02. The molecular weight excluding hydrogens is 252 g/mol. The highest BCUT2D eigenvalue weighted by atomic mass is 16.5. The maximum atomic E-state index is 5.59. The van der Waals surface area contributed by atoms with Gasteiger partial charge < -0.3 is 10.2 Å². The first-order chi connectivity index (χ1) is 9.70. The molecule has 0 saturated carbocycles. The number of nitrogens with one attached hydrogen (secondary N) is 1. The summed E-state index contributed by atoms with van der Waals surface area (Å²) in [6, 6.07) is 6.16. The fourth-order valence-corrected chi connectivity index (χ4v) is 2.47. The van der Waals surface area contributed by atoms with E-state index in [1.165, 1.54) is 11.1 Å². The van der Waals surface area contributed by atoms with Crippen LogP contribution in [-0.2, 0) is 17.8 Å². The van der Waals surface area contributed by atoms with Crippen LogP contribution in [0.3, 0.4) is 0 Å². The van der Waals surface area contributed by atoms with Gasteiger partial charge in [-0.3, -0.25) is 0 Å². The molecule has 1 aromatic carbocycles. The number of benzene rings is 1. The minimum atomic E-state index is 0.516. The molecule has 0 radical (unpaired) electrons. The van der Waals surface area contributed by atoms with E-state index in [0.717, 1.165) is 29.1 Å². The van der Waals surface area contributed by atoms with Gasteiger partial charge in [0.05, 0.1) is 18.9 Å². The Balaban J connectivity index is 2.17. The van der Waals surface area contributed by atoms with E-state index < -0.39 is 0 Å². The van der Waals surface area contributed by atoms with Gasteiger partial charge in [0.15, 0.2) is 5.82 Å². The molecule has 1 aromatic heterocycles. The van der Waals surface area contributed by atoms with Crippen molar-refractivity contribution < 1.29 is 4.74 Å². The molecule has 2 aromatic rings. The van der Waals surface area contributed by atoms with Gasteiger partial charge in [-0.2, -0.15) is 0 Å². The van der Waals surface area contributed by atoms with E-state index in [2.05, 4.69) is 30.3 Å². The molecule has 0 unspecified atom stereocenters. The maximum Gasteiger partial charge on any atom is 0.162 e. The lowest BCUT2D eigenvalue weighted by atomic mass is 10.0. The number of nitrogens with two attached hydrogens (primary N) is 1. The molecule has 104 valence electrons. The van der Waals surface area contributed by atoms with E-state index in [9.17, 15) is 0 Å². The standard InChI is InChI=1S/C15H18N4O/c1-9-4-3-5-11(10(9)2)14-17-13-6-7-20-8-12(13)15(18-14)19-16/h3-5H,6-8,16H2,1-2H3,(H,17,18,19). The number of aromatic nitrogens is 2. The molecule has 0 atom stereocenters. The molecule has 20 heavy (non-hydrogen) atoms. The van der Waals surface area contributed by atoms with Crippen LogP contribution in [0.5, 0.6) is 0 Å². The number of hydrazine groups is 1. The lowest BCUT2D eigenvalue weighted by molar-refractivity contribution is 0.109. The molecule has 1 aliphatic rings. The van der Waals surface area contributed by atoms with Crippen LogP contribution >= 0.6 is 0 Å². The number of nitrogen functional groups attached to an aromatic ring is 1. The quantitative estimate of drug-likeness (QED) is 0.646. The van der Waals surface area contributed by atoms with E-state index in [1.54, 1.807) is 0 Å². The largest absolute Gasteiger partial charge is 0.376 e. The Hall–Kier alpha value is -1.98. The number of ether oxygens (including phenoxy) is 1. The summed E-state index contributed by atoms with van der Waals surface area (Å²) >= 11 is 0. The molecule has 0 aliphatic carbocycles. The summed E-state index contributed by atoms with van der Waals surface area (Å²) in [7, 11) is 0. The molecular formula is C15H18N4O. The van der Waals surface area contributed by atoms with Crippen LogP contribution < -0.4 is 11.3 Å². The number of rotatable bonds is 2. The average Bonchev–Trinajstić information content (AvgIpc) is 2.49. The zero-order chi connectivity index (χ0) is 14.1. The smallest absolute Gasteiger partial charge is 0.162 e. The molecule has 3 N–H and O–H groups in total. The summed E-state index contributed by atoms with van der Waals surface area (Å²) in [6.45, 7) is 5.39. The van der Waals surface area contributed by atoms with E-state index >= 15 is 0 Å². The van der Waals surface area contributed by atoms with Gasteiger partial charge in [-0.25, -0.2) is 15.8 Å². The molecule has 0 bridgehead atoms. The number of nitrogens with zero attached hydrogens (tertiary/aromatic N) is 2. The van der Waals surface area contributed by atoms with Crippen molar-refractivity contribution in [3.8, 4) is 11.4 Å². The van der Waals surface area contributed by atoms with Crippen LogP contribution in [-0.4, -0.2) is 16.6 Å². The highest BCUT2D eigenvalue weighted by Gasteiger charge is 2.19. The van der Waals surface area contributed by atoms with Gasteiger partial charge in [0, 0.05) is 17.5 Å². The van der Waals surface area contributed by atoms with Crippen molar-refractivity contribution in [1.82, 2.24) is 9.97 Å². The van der Waals surface area contributed by atoms with Gasteiger partial charge in [-0.05, 0) is 25.0 Å². The molecule has 2 heterocycles. The monoisotopic (exact) mass is 270 g/mol. The molecule has 5 heteroatoms. The van der Waals surface area contributed by atoms with Crippen LogP contribution in [0.25, 0.3) is 11.4 Å². The highest BCUT2D eigenvalue weighted by Crippen LogP contribution is 2.28. The summed E-state index contributed by atoms with van der Waals surface area (Å²) in [6.07, 6.45) is 0.796. The molecule has 1 aliphatic heterocycles. The Bertz CT molecular complexity index is 637. The first-order valence-electron chi connectivity index (χ1n) is 6.71. The van der Waals surface area contributed by atoms with Gasteiger partial charge in [-0.15, -0.1) is 0 Å². The summed E-state index contributed by atoms with van der Waals surface area (Å²) in [4.78, 5) is 9.26. The Morgan fingerprint density at radius 1 is 1.25 bits per heavy atom. The first kappa shape index (κ1) is 13.0. The van der Waals surface area contributed by atoms with Crippen LogP contribution in [0, 0.1) is 13.8 Å². The van der Waals surface area contributed by atoms with E-state index in [1.807, 2.05) is 12.1 Å². The fourth-order valence-electron chi connectivity index (χ4n) is 2.47. The SMILES string of the molecule is Cc1cccc(-c2nc3c(c(NN)n2)COCC3)c1C. The number of hydrogen-bond donors (Lipinski definition) is 2. The Morgan fingerprint density at radius 3 is 2.90 bits per heavy atom. The Morgan fingerprint density at radius 2 is 2.10 bits per heavy atom. The average molecular weight is 270 g/mol. The summed E-state index contributed by atoms with van der Waals surface area (Å²) < 4.78 is 5.45. The maximum absolute atomic E-state index is 5.59. The fraction of sp³-hybridized carbons (Fsp3) is 0.333. The molecule has 0 fully saturated rings. The van der Waals surface area contributed by atoms with Crippen molar-refractivity contribution in [3.63, 3.8) is 0 Å². The van der Waals surface area contributed by atoms with Gasteiger partial charge in [-0.1, -0.05) is 18.2 Å². The van der Waals surface area contributed by atoms with Gasteiger partial charge in [0.25, 0.3) is 0 Å². The van der Waals surface area contributed by atoms with Crippen LogP contribution in [0.15, 0.2) is 18.2 Å². The molecule has 0 spiro atoms. The summed E-state index contributed by atoms with van der Waals surface area (Å²) in [5.41, 5.74) is 8.14. The minimum absolute atomic E-state index is 0.516. The minimum Gasteiger partial charge on any atom is -0.376 e. The van der Waals surface area contributed by atoms with E-state index in [0.29, 0.717) is 19.0 Å². The summed E-state index contributed by atoms with van der Waals surface area (Å²) in [5.74, 6) is 6.97. The number of hydrogen-bond acceptors (Lipinski definition) is 5. The van der Waals surface area contributed by atoms with Crippen LogP contribution in [0.2, 0.25) is 0 Å². The van der Waals surface area contributed by atoms with Crippen molar-refractivity contribution in [1.29, 1.82) is 0 Å². The Labute approximate surface area is 118 Å². The number of fused-ring (bicyclic) bond motifs is 1. The first-order valence-corrected chi connectivity index (χ1v) is 6.71. The zero-order valence-corrected chi connectivity index (χ0v) is 11.7. The van der Waals surface area contributed by atoms with Crippen molar-refractivity contribution in [3.05, 3.63) is 40.6 Å². The van der Waals surface area contributed by atoms with Gasteiger partial charge in [0.1, 0.15) is 5.82 Å². The normalized spacial score (nSPS) is 13.9. The third-order valence-corrected chi connectivity index (χ3v) is 3.80. The van der Waals surface area contributed by atoms with Gasteiger partial charge in [0.2, 0.25) is 0 Å². The lowest BCUT2D eigenvalue weighted by Crippen LogP contribution is -2.19. The molecule has 5 nitrogen and oxygen atoms in total. The summed E-state index contributed by atoms with van der Waals surface area (Å²) in [5, 5.41) is 0. The van der Waals surface area contributed by atoms with E-state index in [4.69, 9.17) is 15.6 Å². The second-order valence-corrected chi connectivity index (χ2v) is 5.02. The third-order valence-electron chi connectivity index (χ3n) is 3.80. The lowest BCUT2D eigenvalue weighted by Gasteiger charge is -2.19. The van der Waals surface area contributed by atoms with Crippen molar-refractivity contribution in [2.75, 3.05) is 12.0 Å². The topological polar surface area (TPSA) is 73.1 Å². The van der Waals surface area contributed by atoms with Crippen LogP contribution in [0.1, 0.15) is 22.4 Å². The Kier molecular flexibility index (Phi) is 3.38. The second kappa shape index (κ2) is 5.19. The predicted octanol–water partition coefficient (Wildman–Crippen LogP) is 2.12. The number of anilines is 1. The molecule has 0 saturated heterocycles. The van der Waals surface area contributed by atoms with E-state index in [-0.39, 0.29) is 0 Å². The van der Waals surface area contributed by atoms with Crippen molar-refractivity contribution >= 4 is 5.82 Å². The van der Waals surface area contributed by atoms with Crippen molar-refractivity contribution in [2.45, 2.75) is 26.9 Å². The third kappa shape index (κ3) is 2.15. The zero-order valence-electron chi connectivity index (χ0n) is 11.7. The van der Waals surface area contributed by atoms with Crippen molar-refractivity contribution in [2.24, 2.45) is 5.84 Å². The van der Waals surface area contributed by atoms with Crippen LogP contribution in [0.4, 0.5) is 5.82 Å². The molecule has 0 amide bonds. The van der Waals surface area contributed by atoms with Gasteiger partial charge >= 0.3 is 0 Å². The molecule has 3 rings (SSSR count). The highest BCUT2D eigenvalue weighted by molar-refractivity contribution is 5.64.